The van der Waals surface area contributed by atoms with E-state index in [2.05, 4.69) is 26.6 Å². The Hall–Kier alpha value is -4.35. The van der Waals surface area contributed by atoms with E-state index < -0.39 is 11.7 Å². The number of ether oxygens (including phenoxy) is 3. The van der Waals surface area contributed by atoms with Gasteiger partial charge in [0.1, 0.15) is 5.60 Å². The Kier molecular flexibility index (Phi) is 8.98. The lowest BCUT2D eigenvalue weighted by Crippen LogP contribution is -2.27. The van der Waals surface area contributed by atoms with Gasteiger partial charge in [-0.05, 0) is 89.6 Å². The average molecular weight is 679 g/mol. The minimum absolute atomic E-state index is 0.112. The van der Waals surface area contributed by atoms with Gasteiger partial charge < -0.3 is 24.4 Å². The second kappa shape index (κ2) is 12.7. The van der Waals surface area contributed by atoms with Gasteiger partial charge in [0.25, 0.3) is 11.8 Å². The van der Waals surface area contributed by atoms with Crippen LogP contribution in [0.25, 0.3) is 10.4 Å². The molecule has 0 saturated carbocycles. The van der Waals surface area contributed by atoms with Crippen molar-refractivity contribution in [1.82, 2.24) is 4.90 Å². The van der Waals surface area contributed by atoms with E-state index in [9.17, 15) is 14.4 Å². The summed E-state index contributed by atoms with van der Waals surface area (Å²) in [5, 5.41) is 7.66. The fraction of sp³-hybridized carbons (Fsp3) is 0.242. The van der Waals surface area contributed by atoms with E-state index in [1.807, 2.05) is 41.8 Å². The molecule has 1 aliphatic heterocycles. The zero-order valence-electron chi connectivity index (χ0n) is 24.9. The minimum Gasteiger partial charge on any atom is -0.493 e. The molecule has 2 N–H and O–H groups in total. The van der Waals surface area contributed by atoms with Crippen molar-refractivity contribution >= 4 is 56.5 Å². The number of anilines is 2. The smallest absolute Gasteiger partial charge is 0.412 e. The summed E-state index contributed by atoms with van der Waals surface area (Å²) < 4.78 is 17.0. The fourth-order valence-corrected chi connectivity index (χ4v) is 6.26. The lowest BCUT2D eigenvalue weighted by atomic mass is 10.1. The summed E-state index contributed by atoms with van der Waals surface area (Å²) in [6.45, 7) is 6.12. The van der Waals surface area contributed by atoms with Crippen molar-refractivity contribution in [3.8, 4) is 21.9 Å². The van der Waals surface area contributed by atoms with E-state index in [0.29, 0.717) is 51.6 Å². The number of hydrogen-bond acceptors (Lipinski definition) is 7. The number of nitrogens with zero attached hydrogens (tertiary/aromatic N) is 1. The molecule has 0 bridgehead atoms. The number of fused-ring (bicyclic) bond motifs is 1. The minimum atomic E-state index is -0.676. The fourth-order valence-electron chi connectivity index (χ4n) is 4.84. The molecule has 1 aromatic heterocycles. The summed E-state index contributed by atoms with van der Waals surface area (Å²) in [7, 11) is 3.09. The number of carbonyl (C=O) groups is 3. The molecule has 0 spiro atoms. The van der Waals surface area contributed by atoms with Gasteiger partial charge in [-0.15, -0.1) is 11.3 Å². The van der Waals surface area contributed by atoms with Gasteiger partial charge in [0.05, 0.1) is 30.1 Å². The number of halogens is 1. The molecule has 5 rings (SSSR count). The third-order valence-electron chi connectivity index (χ3n) is 6.88. The normalized spacial score (nSPS) is 12.5. The second-order valence-corrected chi connectivity index (χ2v) is 12.9. The second-order valence-electron chi connectivity index (χ2n) is 11.1. The molecule has 228 valence electrons. The van der Waals surface area contributed by atoms with Crippen LogP contribution in [0.4, 0.5) is 16.2 Å². The monoisotopic (exact) mass is 677 g/mol. The summed E-state index contributed by atoms with van der Waals surface area (Å²) in [4.78, 5) is 41.8. The van der Waals surface area contributed by atoms with Crippen molar-refractivity contribution in [2.75, 3.05) is 24.9 Å². The number of carbonyl (C=O) groups excluding carboxylic acids is 3. The maximum absolute atomic E-state index is 13.3. The summed E-state index contributed by atoms with van der Waals surface area (Å²) in [5.74, 6) is 0.565. The highest BCUT2D eigenvalue weighted by atomic mass is 79.9. The van der Waals surface area contributed by atoms with Crippen molar-refractivity contribution in [3.05, 3.63) is 92.8 Å². The van der Waals surface area contributed by atoms with Gasteiger partial charge >= 0.3 is 6.09 Å². The lowest BCUT2D eigenvalue weighted by Gasteiger charge is -2.21. The van der Waals surface area contributed by atoms with Crippen LogP contribution in [0.5, 0.6) is 11.5 Å². The highest BCUT2D eigenvalue weighted by Gasteiger charge is 2.32. The van der Waals surface area contributed by atoms with Crippen LogP contribution in [0.3, 0.4) is 0 Å². The Balaban J connectivity index is 1.32. The van der Waals surface area contributed by atoms with Crippen molar-refractivity contribution in [1.29, 1.82) is 0 Å². The Morgan fingerprint density at radius 1 is 0.977 bits per heavy atom. The van der Waals surface area contributed by atoms with Crippen LogP contribution in [0.1, 0.15) is 52.6 Å². The number of thiophene rings is 1. The molecule has 0 fully saturated rings. The Morgan fingerprint density at radius 3 is 2.36 bits per heavy atom. The van der Waals surface area contributed by atoms with Crippen LogP contribution in [0.15, 0.2) is 70.5 Å². The number of rotatable bonds is 8. The molecule has 44 heavy (non-hydrogen) atoms. The molecule has 0 aliphatic carbocycles. The Labute approximate surface area is 268 Å². The predicted octanol–water partition coefficient (Wildman–Crippen LogP) is 7.95. The highest BCUT2D eigenvalue weighted by molar-refractivity contribution is 9.10. The van der Waals surface area contributed by atoms with Crippen molar-refractivity contribution in [3.63, 3.8) is 0 Å². The van der Waals surface area contributed by atoms with Crippen LogP contribution < -0.4 is 20.1 Å². The molecular formula is C33H32BrN3O6S. The molecule has 9 nitrogen and oxygen atoms in total. The number of nitrogens with one attached hydrogen (secondary N) is 2. The van der Waals surface area contributed by atoms with E-state index in [1.165, 1.54) is 7.11 Å². The van der Waals surface area contributed by atoms with Gasteiger partial charge in [-0.25, -0.2) is 4.79 Å². The molecule has 4 aromatic rings. The van der Waals surface area contributed by atoms with Crippen LogP contribution >= 0.6 is 27.3 Å². The first-order chi connectivity index (χ1) is 21.0. The van der Waals surface area contributed by atoms with E-state index >= 15 is 0 Å². The number of methoxy groups -OCH3 is 2. The summed E-state index contributed by atoms with van der Waals surface area (Å²) in [5.41, 5.74) is 3.76. The molecule has 3 amide bonds. The average Bonchev–Trinajstić information content (AvgIpc) is 3.62. The maximum Gasteiger partial charge on any atom is 0.412 e. The number of benzene rings is 3. The quantitative estimate of drug-likeness (QED) is 0.196. The summed E-state index contributed by atoms with van der Waals surface area (Å²) >= 11 is 5.14. The van der Waals surface area contributed by atoms with Gasteiger partial charge in [-0.1, -0.05) is 24.3 Å². The summed E-state index contributed by atoms with van der Waals surface area (Å²) in [6, 6.07) is 18.2. The first-order valence-corrected chi connectivity index (χ1v) is 15.5. The van der Waals surface area contributed by atoms with Gasteiger partial charge in [0, 0.05) is 34.7 Å². The van der Waals surface area contributed by atoms with Crippen molar-refractivity contribution in [2.24, 2.45) is 0 Å². The highest BCUT2D eigenvalue weighted by Crippen LogP contribution is 2.43. The first-order valence-electron chi connectivity index (χ1n) is 13.8. The van der Waals surface area contributed by atoms with Gasteiger partial charge in [0.15, 0.2) is 11.5 Å². The molecule has 0 saturated heterocycles. The zero-order valence-corrected chi connectivity index (χ0v) is 27.4. The van der Waals surface area contributed by atoms with Gasteiger partial charge in [-0.2, -0.15) is 0 Å². The Bertz CT molecular complexity index is 1720. The Morgan fingerprint density at radius 2 is 1.73 bits per heavy atom. The van der Waals surface area contributed by atoms with Crippen LogP contribution in [-0.4, -0.2) is 42.6 Å². The first kappa shape index (κ1) is 31.1. The van der Waals surface area contributed by atoms with E-state index in [0.717, 1.165) is 21.6 Å². The van der Waals surface area contributed by atoms with Crippen molar-refractivity contribution < 1.29 is 28.6 Å². The van der Waals surface area contributed by atoms with Crippen molar-refractivity contribution in [2.45, 2.75) is 39.5 Å². The molecule has 1 aliphatic rings. The van der Waals surface area contributed by atoms with E-state index in [4.69, 9.17) is 14.2 Å². The van der Waals surface area contributed by atoms with Crippen LogP contribution in [-0.2, 0) is 17.8 Å². The zero-order chi connectivity index (χ0) is 31.6. The van der Waals surface area contributed by atoms with E-state index in [1.54, 1.807) is 68.4 Å². The molecule has 0 atom stereocenters. The molecule has 2 heterocycles. The van der Waals surface area contributed by atoms with Gasteiger partial charge in [0.2, 0.25) is 0 Å². The number of hydrogen-bond donors (Lipinski definition) is 2. The maximum atomic E-state index is 13.3. The molecule has 3 aromatic carbocycles. The third-order valence-corrected chi connectivity index (χ3v) is 8.64. The topological polar surface area (TPSA) is 106 Å². The molecular weight excluding hydrogens is 646 g/mol. The largest absolute Gasteiger partial charge is 0.493 e. The molecule has 11 heteroatoms. The predicted molar refractivity (Wildman–Crippen MR) is 175 cm³/mol. The summed E-state index contributed by atoms with van der Waals surface area (Å²) in [6.07, 6.45) is -0.622. The SMILES string of the molecule is COc1cc2c(c(Br)c1OC)CN(Cc1ccc(C(=O)Nc3cc(-c4cccs4)ccc3NC(=O)OC(C)(C)C)cc1)C2=O. The third kappa shape index (κ3) is 6.74. The number of amides is 3. The standard InChI is InChI=1S/C33H32BrN3O6S/c1-33(2,3)43-32(40)36-24-13-12-21(27-7-6-14-44-27)15-25(24)35-30(38)20-10-8-19(9-11-20)17-37-18-23-22(31(37)39)16-26(41-4)29(42-5)28(23)34/h6-16H,17-18H2,1-5H3,(H,35,38)(H,36,40). The van der Waals surface area contributed by atoms with E-state index in [-0.39, 0.29) is 11.8 Å². The molecule has 0 radical (unpaired) electrons. The van der Waals surface area contributed by atoms with Crippen LogP contribution in [0, 0.1) is 0 Å². The van der Waals surface area contributed by atoms with Crippen LogP contribution in [0.2, 0.25) is 0 Å². The molecule has 0 unspecified atom stereocenters. The van der Waals surface area contributed by atoms with Gasteiger partial charge in [-0.3, -0.25) is 14.9 Å². The lowest BCUT2D eigenvalue weighted by molar-refractivity contribution is 0.0635.